The van der Waals surface area contributed by atoms with Crippen LogP contribution >= 0.6 is 0 Å². The van der Waals surface area contributed by atoms with Crippen molar-refractivity contribution in [1.82, 2.24) is 15.1 Å². The van der Waals surface area contributed by atoms with Crippen LogP contribution in [0.15, 0.2) is 48.7 Å². The minimum Gasteiger partial charge on any atom is -0.486 e. The number of aromatic nitrogens is 2. The maximum atomic E-state index is 13.9. The third-order valence-corrected chi connectivity index (χ3v) is 5.63. The molecule has 1 amide bonds. The molecule has 160 valence electrons. The average molecular weight is 422 g/mol. The molecule has 3 heterocycles. The molecule has 31 heavy (non-hydrogen) atoms. The summed E-state index contributed by atoms with van der Waals surface area (Å²) in [7, 11) is 0. The average Bonchev–Trinajstić information content (AvgIpc) is 3.25. The van der Waals surface area contributed by atoms with E-state index in [1.54, 1.807) is 41.2 Å². The molecule has 2 N–H and O–H groups in total. The van der Waals surface area contributed by atoms with Crippen molar-refractivity contribution in [1.29, 1.82) is 0 Å². The number of nitrogens with one attached hydrogen (secondary N) is 2. The number of ether oxygens (including phenoxy) is 2. The van der Waals surface area contributed by atoms with E-state index in [9.17, 15) is 9.18 Å². The number of fused-ring (bicyclic) bond motifs is 1. The van der Waals surface area contributed by atoms with Crippen LogP contribution in [-0.4, -0.2) is 42.0 Å². The predicted octanol–water partition coefficient (Wildman–Crippen LogP) is 3.50. The first-order valence-electron chi connectivity index (χ1n) is 10.4. The Balaban J connectivity index is 1.48. The summed E-state index contributed by atoms with van der Waals surface area (Å²) in [6.07, 6.45) is 3.33. The third kappa shape index (κ3) is 3.98. The minimum atomic E-state index is -0.341. The number of piperidine rings is 1. The molecule has 2 aliphatic heterocycles. The molecule has 5 rings (SSSR count). The summed E-state index contributed by atoms with van der Waals surface area (Å²) in [5.41, 5.74) is 2.52. The Hall–Kier alpha value is -3.39. The van der Waals surface area contributed by atoms with E-state index in [4.69, 9.17) is 9.47 Å². The summed E-state index contributed by atoms with van der Waals surface area (Å²) >= 11 is 0. The zero-order valence-electron chi connectivity index (χ0n) is 16.9. The van der Waals surface area contributed by atoms with Gasteiger partial charge in [-0.2, -0.15) is 5.10 Å². The van der Waals surface area contributed by atoms with Crippen LogP contribution in [0.5, 0.6) is 11.5 Å². The molecule has 8 heteroatoms. The van der Waals surface area contributed by atoms with Crippen molar-refractivity contribution in [2.24, 2.45) is 0 Å². The van der Waals surface area contributed by atoms with Crippen molar-refractivity contribution in [2.75, 3.05) is 31.6 Å². The molecule has 2 aromatic carbocycles. The Morgan fingerprint density at radius 1 is 1.10 bits per heavy atom. The number of hydrogen-bond acceptors (Lipinski definition) is 5. The first kappa shape index (κ1) is 19.6. The topological polar surface area (TPSA) is 77.4 Å². The van der Waals surface area contributed by atoms with Crippen LogP contribution in [0.2, 0.25) is 0 Å². The van der Waals surface area contributed by atoms with Gasteiger partial charge in [-0.05, 0) is 56.3 Å². The van der Waals surface area contributed by atoms with Crippen molar-refractivity contribution < 1.29 is 18.7 Å². The first-order valence-corrected chi connectivity index (χ1v) is 10.4. The van der Waals surface area contributed by atoms with Gasteiger partial charge in [0.1, 0.15) is 19.0 Å². The Morgan fingerprint density at radius 3 is 2.71 bits per heavy atom. The number of anilines is 1. The van der Waals surface area contributed by atoms with Gasteiger partial charge in [-0.15, -0.1) is 0 Å². The third-order valence-electron chi connectivity index (χ3n) is 5.63. The van der Waals surface area contributed by atoms with E-state index in [2.05, 4.69) is 15.7 Å². The minimum absolute atomic E-state index is 0.146. The van der Waals surface area contributed by atoms with Crippen LogP contribution in [0.4, 0.5) is 10.1 Å². The molecule has 2 aliphatic rings. The number of rotatable bonds is 4. The molecule has 0 aliphatic carbocycles. The molecule has 0 radical (unpaired) electrons. The van der Waals surface area contributed by atoms with Gasteiger partial charge in [0.2, 0.25) is 0 Å². The highest BCUT2D eigenvalue weighted by Gasteiger charge is 2.27. The number of carbonyl (C=O) groups is 1. The fourth-order valence-corrected chi connectivity index (χ4v) is 4.15. The summed E-state index contributed by atoms with van der Waals surface area (Å²) in [5.74, 6) is 0.823. The second-order valence-corrected chi connectivity index (χ2v) is 7.67. The molecule has 3 aromatic rings. The maximum Gasteiger partial charge on any atom is 0.259 e. The van der Waals surface area contributed by atoms with E-state index in [0.29, 0.717) is 41.7 Å². The summed E-state index contributed by atoms with van der Waals surface area (Å²) in [6.45, 7) is 2.71. The van der Waals surface area contributed by atoms with Crippen molar-refractivity contribution in [3.05, 3.63) is 65.7 Å². The Morgan fingerprint density at radius 2 is 1.90 bits per heavy atom. The zero-order chi connectivity index (χ0) is 21.2. The fraction of sp³-hybridized carbons (Fsp3) is 0.304. The lowest BCUT2D eigenvalue weighted by Gasteiger charge is -2.25. The standard InChI is InChI=1S/C23H23FN4O3/c24-16-2-1-3-18(12-16)28-22(15-6-8-25-9-7-15)19(14-26-28)23(29)27-17-4-5-20-21(13-17)31-11-10-30-20/h1-5,12-15,25H,6-11H2,(H,27,29). The van der Waals surface area contributed by atoms with Gasteiger partial charge in [0.05, 0.1) is 23.1 Å². The lowest BCUT2D eigenvalue weighted by molar-refractivity contribution is 0.102. The normalized spacial score (nSPS) is 16.2. The Bertz CT molecular complexity index is 1110. The molecule has 0 bridgehead atoms. The molecular weight excluding hydrogens is 399 g/mol. The second-order valence-electron chi connectivity index (χ2n) is 7.67. The predicted molar refractivity (Wildman–Crippen MR) is 114 cm³/mol. The van der Waals surface area contributed by atoms with Crippen LogP contribution in [0.3, 0.4) is 0 Å². The number of carbonyl (C=O) groups excluding carboxylic acids is 1. The van der Waals surface area contributed by atoms with Gasteiger partial charge in [-0.25, -0.2) is 9.07 Å². The number of amides is 1. The molecule has 7 nitrogen and oxygen atoms in total. The van der Waals surface area contributed by atoms with E-state index in [1.165, 1.54) is 12.1 Å². The van der Waals surface area contributed by atoms with Crippen molar-refractivity contribution in [2.45, 2.75) is 18.8 Å². The van der Waals surface area contributed by atoms with Crippen LogP contribution < -0.4 is 20.1 Å². The number of benzene rings is 2. The lowest BCUT2D eigenvalue weighted by Crippen LogP contribution is -2.29. The van der Waals surface area contributed by atoms with E-state index in [1.807, 2.05) is 0 Å². The zero-order valence-corrected chi connectivity index (χ0v) is 16.9. The first-order chi connectivity index (χ1) is 15.2. The lowest BCUT2D eigenvalue weighted by atomic mass is 9.91. The molecule has 0 spiro atoms. The van der Waals surface area contributed by atoms with E-state index in [0.717, 1.165) is 31.6 Å². The quantitative estimate of drug-likeness (QED) is 0.673. The van der Waals surface area contributed by atoms with Crippen LogP contribution in [0.25, 0.3) is 5.69 Å². The molecule has 1 aromatic heterocycles. The van der Waals surface area contributed by atoms with Gasteiger partial charge in [0.15, 0.2) is 11.5 Å². The number of hydrogen-bond donors (Lipinski definition) is 2. The Kier molecular flexibility index (Phi) is 5.30. The maximum absolute atomic E-state index is 13.9. The summed E-state index contributed by atoms with van der Waals surface area (Å²) in [6, 6.07) is 11.6. The summed E-state index contributed by atoms with van der Waals surface area (Å²) < 4.78 is 26.7. The summed E-state index contributed by atoms with van der Waals surface area (Å²) in [5, 5.41) is 10.8. The number of nitrogens with zero attached hydrogens (tertiary/aromatic N) is 2. The molecule has 0 saturated carbocycles. The molecule has 1 fully saturated rings. The Labute approximate surface area is 179 Å². The van der Waals surface area contributed by atoms with Gasteiger partial charge in [0.25, 0.3) is 5.91 Å². The largest absolute Gasteiger partial charge is 0.486 e. The van der Waals surface area contributed by atoms with Gasteiger partial charge in [0, 0.05) is 17.7 Å². The van der Waals surface area contributed by atoms with Crippen molar-refractivity contribution in [3.8, 4) is 17.2 Å². The van der Waals surface area contributed by atoms with Crippen LogP contribution in [0, 0.1) is 5.82 Å². The molecular formula is C23H23FN4O3. The van der Waals surface area contributed by atoms with E-state index >= 15 is 0 Å². The van der Waals surface area contributed by atoms with Gasteiger partial charge in [-0.1, -0.05) is 6.07 Å². The second kappa shape index (κ2) is 8.39. The molecule has 0 atom stereocenters. The van der Waals surface area contributed by atoms with Gasteiger partial charge >= 0.3 is 0 Å². The highest BCUT2D eigenvalue weighted by molar-refractivity contribution is 6.05. The molecule has 1 saturated heterocycles. The smallest absolute Gasteiger partial charge is 0.259 e. The fourth-order valence-electron chi connectivity index (χ4n) is 4.15. The van der Waals surface area contributed by atoms with Crippen LogP contribution in [0.1, 0.15) is 34.8 Å². The highest BCUT2D eigenvalue weighted by Crippen LogP contribution is 2.34. The monoisotopic (exact) mass is 422 g/mol. The van der Waals surface area contributed by atoms with Crippen molar-refractivity contribution in [3.63, 3.8) is 0 Å². The van der Waals surface area contributed by atoms with Gasteiger partial charge in [-0.3, -0.25) is 4.79 Å². The van der Waals surface area contributed by atoms with Gasteiger partial charge < -0.3 is 20.1 Å². The SMILES string of the molecule is O=C(Nc1ccc2c(c1)OCCO2)c1cnn(-c2cccc(F)c2)c1C1CCNCC1. The highest BCUT2D eigenvalue weighted by atomic mass is 19.1. The van der Waals surface area contributed by atoms with E-state index < -0.39 is 0 Å². The summed E-state index contributed by atoms with van der Waals surface area (Å²) in [4.78, 5) is 13.2. The number of halogens is 1. The van der Waals surface area contributed by atoms with Crippen molar-refractivity contribution >= 4 is 11.6 Å². The van der Waals surface area contributed by atoms with Crippen LogP contribution in [-0.2, 0) is 0 Å². The van der Waals surface area contributed by atoms with E-state index in [-0.39, 0.29) is 17.6 Å². The molecule has 0 unspecified atom stereocenters.